The van der Waals surface area contributed by atoms with Gasteiger partial charge in [0, 0.05) is 33.9 Å². The van der Waals surface area contributed by atoms with Crippen molar-refractivity contribution in [2.75, 3.05) is 6.26 Å². The van der Waals surface area contributed by atoms with Crippen LogP contribution >= 0.6 is 23.1 Å². The molecule has 1 aromatic carbocycles. The minimum Gasteiger partial charge on any atom is -0.387 e. The Morgan fingerprint density at radius 3 is 2.48 bits per heavy atom. The third-order valence-electron chi connectivity index (χ3n) is 7.86. The summed E-state index contributed by atoms with van der Waals surface area (Å²) in [7, 11) is 0. The Morgan fingerprint density at radius 2 is 1.82 bits per heavy atom. The second kappa shape index (κ2) is 8.57. The molecule has 0 spiro atoms. The van der Waals surface area contributed by atoms with Gasteiger partial charge in [-0.1, -0.05) is 18.2 Å². The molecule has 4 nitrogen and oxygen atoms in total. The van der Waals surface area contributed by atoms with Gasteiger partial charge in [-0.05, 0) is 61.3 Å². The van der Waals surface area contributed by atoms with E-state index in [1.807, 2.05) is 25.1 Å². The number of halogens is 2. The summed E-state index contributed by atoms with van der Waals surface area (Å²) >= 11 is 3.02. The predicted molar refractivity (Wildman–Crippen MR) is 126 cm³/mol. The summed E-state index contributed by atoms with van der Waals surface area (Å²) in [5.41, 5.74) is 2.29. The number of benzene rings is 1. The molecular weight excluding hydrogens is 466 g/mol. The highest BCUT2D eigenvalue weighted by Gasteiger charge is 2.60. The van der Waals surface area contributed by atoms with Gasteiger partial charge in [-0.15, -0.1) is 23.1 Å². The van der Waals surface area contributed by atoms with Crippen LogP contribution in [0.25, 0.3) is 0 Å². The Bertz CT molecular complexity index is 1010. The topological polar surface area (TPSA) is 69.9 Å². The van der Waals surface area contributed by atoms with Gasteiger partial charge in [0.15, 0.2) is 0 Å². The quantitative estimate of drug-likeness (QED) is 0.566. The van der Waals surface area contributed by atoms with E-state index in [0.717, 1.165) is 16.7 Å². The van der Waals surface area contributed by atoms with Crippen LogP contribution in [-0.2, 0) is 16.6 Å². The third kappa shape index (κ3) is 4.06. The molecular formula is C25H30F2O4S2. The normalized spacial score (nSPS) is 37.5. The molecule has 8 heteroatoms. The van der Waals surface area contributed by atoms with Crippen molar-refractivity contribution in [3.8, 4) is 0 Å². The van der Waals surface area contributed by atoms with Crippen LogP contribution < -0.4 is 0 Å². The summed E-state index contributed by atoms with van der Waals surface area (Å²) in [5, 5.41) is 31.0. The first-order chi connectivity index (χ1) is 15.6. The lowest BCUT2D eigenvalue weighted by molar-refractivity contribution is -0.200. The molecule has 1 aliphatic heterocycles. The number of rotatable bonds is 5. The van der Waals surface area contributed by atoms with Crippen molar-refractivity contribution >= 4 is 23.1 Å². The van der Waals surface area contributed by atoms with Gasteiger partial charge in [-0.25, -0.2) is 8.78 Å². The average Bonchev–Trinajstić information content (AvgIpc) is 3.22. The number of ether oxygens (including phenoxy) is 1. The fourth-order valence-corrected chi connectivity index (χ4v) is 7.58. The molecule has 33 heavy (non-hydrogen) atoms. The Kier molecular flexibility index (Phi) is 6.16. The fraction of sp³-hybridized carbons (Fsp3) is 0.600. The molecule has 2 aromatic rings. The molecule has 180 valence electrons. The van der Waals surface area contributed by atoms with Gasteiger partial charge in [-0.2, -0.15) is 0 Å². The third-order valence-corrected chi connectivity index (χ3v) is 10.0. The first kappa shape index (κ1) is 23.7. The Balaban J connectivity index is 1.34. The van der Waals surface area contributed by atoms with E-state index in [1.165, 1.54) is 21.5 Å². The van der Waals surface area contributed by atoms with Crippen LogP contribution in [0.2, 0.25) is 0 Å². The van der Waals surface area contributed by atoms with Gasteiger partial charge in [0.25, 0.3) is 5.92 Å². The van der Waals surface area contributed by atoms with Crippen LogP contribution in [0.4, 0.5) is 8.78 Å². The van der Waals surface area contributed by atoms with Gasteiger partial charge < -0.3 is 20.1 Å². The van der Waals surface area contributed by atoms with Crippen LogP contribution in [0, 0.1) is 12.8 Å². The standard InChI is InChI=1S/C25H30F2O4S2/c1-13-3-4-14(22-20(29)19(28)21(30)23(31-22)32-2)9-15(13)10-17-5-6-18(33-17)24-7-8-25(26,27)16(11-24)12-24/h3-6,9,16,19-23,28-30H,7-8,10-12H2,1-2H3/t16?,19-,20-,21+,22+,23-,24?/m1/s1. The highest BCUT2D eigenvalue weighted by atomic mass is 32.2. The summed E-state index contributed by atoms with van der Waals surface area (Å²) in [6.07, 6.45) is -0.130. The van der Waals surface area contributed by atoms with E-state index in [0.29, 0.717) is 25.7 Å². The first-order valence-corrected chi connectivity index (χ1v) is 13.5. The minimum absolute atomic E-state index is 0.00659. The maximum atomic E-state index is 13.9. The highest BCUT2D eigenvalue weighted by Crippen LogP contribution is 2.63. The van der Waals surface area contributed by atoms with Crippen molar-refractivity contribution in [1.29, 1.82) is 0 Å². The second-order valence-corrected chi connectivity index (χ2v) is 12.0. The smallest absolute Gasteiger partial charge is 0.251 e. The summed E-state index contributed by atoms with van der Waals surface area (Å²) in [6, 6.07) is 10.1. The number of aliphatic hydroxyl groups is 3. The van der Waals surface area contributed by atoms with E-state index in [2.05, 4.69) is 12.1 Å². The lowest BCUT2D eigenvalue weighted by atomic mass is 9.52. The molecule has 6 rings (SSSR count). The van der Waals surface area contributed by atoms with Gasteiger partial charge in [0.2, 0.25) is 0 Å². The van der Waals surface area contributed by atoms with Gasteiger partial charge in [0.1, 0.15) is 29.9 Å². The van der Waals surface area contributed by atoms with Crippen LogP contribution in [0.1, 0.15) is 58.2 Å². The lowest BCUT2D eigenvalue weighted by Crippen LogP contribution is -2.54. The maximum absolute atomic E-state index is 13.9. The zero-order chi connectivity index (χ0) is 23.5. The van der Waals surface area contributed by atoms with E-state index < -0.39 is 41.7 Å². The summed E-state index contributed by atoms with van der Waals surface area (Å²) in [4.78, 5) is 2.41. The molecule has 1 saturated heterocycles. The van der Waals surface area contributed by atoms with Gasteiger partial charge in [-0.3, -0.25) is 0 Å². The number of thioether (sulfide) groups is 1. The number of fused-ring (bicyclic) bond motifs is 2. The Labute approximate surface area is 201 Å². The van der Waals surface area contributed by atoms with Crippen molar-refractivity contribution < 1.29 is 28.8 Å². The number of thiophene rings is 1. The second-order valence-electron chi connectivity index (χ2n) is 9.91. The number of hydrogen-bond acceptors (Lipinski definition) is 6. The molecule has 2 heterocycles. The summed E-state index contributed by atoms with van der Waals surface area (Å²) in [6.45, 7) is 2.04. The molecule has 0 unspecified atom stereocenters. The Morgan fingerprint density at radius 1 is 1.06 bits per heavy atom. The fourth-order valence-electron chi connectivity index (χ4n) is 5.64. The summed E-state index contributed by atoms with van der Waals surface area (Å²) in [5.74, 6) is -2.96. The van der Waals surface area contributed by atoms with Crippen molar-refractivity contribution in [2.24, 2.45) is 5.92 Å². The molecule has 3 saturated carbocycles. The van der Waals surface area contributed by atoms with E-state index in [4.69, 9.17) is 4.74 Å². The molecule has 1 aromatic heterocycles. The number of hydrogen-bond donors (Lipinski definition) is 3. The van der Waals surface area contributed by atoms with Gasteiger partial charge in [0.05, 0.1) is 0 Å². The van der Waals surface area contributed by atoms with E-state index >= 15 is 0 Å². The zero-order valence-corrected chi connectivity index (χ0v) is 20.3. The van der Waals surface area contributed by atoms with E-state index in [1.54, 1.807) is 17.6 Å². The van der Waals surface area contributed by atoms with Crippen LogP contribution in [0.15, 0.2) is 30.3 Å². The van der Waals surface area contributed by atoms with Crippen molar-refractivity contribution in [2.45, 2.75) is 80.2 Å². The predicted octanol–water partition coefficient (Wildman–Crippen LogP) is 4.57. The molecule has 0 amide bonds. The van der Waals surface area contributed by atoms with E-state index in [-0.39, 0.29) is 11.8 Å². The SMILES string of the molecule is CS[C@H]1O[C@@H](c2ccc(C)c(Cc3ccc(C45CCC(F)(F)C(C4)C5)s3)c2)[C@H](O)[C@@H](O)[C@@H]1O. The number of aryl methyl sites for hydroxylation is 1. The van der Waals surface area contributed by atoms with Gasteiger partial charge >= 0.3 is 0 Å². The molecule has 0 radical (unpaired) electrons. The largest absolute Gasteiger partial charge is 0.387 e. The number of aliphatic hydroxyl groups excluding tert-OH is 3. The highest BCUT2D eigenvalue weighted by molar-refractivity contribution is 7.99. The molecule has 2 bridgehead atoms. The monoisotopic (exact) mass is 496 g/mol. The molecule has 5 atom stereocenters. The Hall–Kier alpha value is -1.03. The van der Waals surface area contributed by atoms with Crippen LogP contribution in [-0.4, -0.2) is 51.2 Å². The number of alkyl halides is 2. The average molecular weight is 497 g/mol. The molecule has 3 aliphatic carbocycles. The molecule has 4 fully saturated rings. The molecule has 3 N–H and O–H groups in total. The zero-order valence-electron chi connectivity index (χ0n) is 18.7. The van der Waals surface area contributed by atoms with Crippen molar-refractivity contribution in [1.82, 2.24) is 0 Å². The minimum atomic E-state index is -2.50. The van der Waals surface area contributed by atoms with E-state index in [9.17, 15) is 24.1 Å². The van der Waals surface area contributed by atoms with Crippen molar-refractivity contribution in [3.63, 3.8) is 0 Å². The molecule has 4 aliphatic rings. The van der Waals surface area contributed by atoms with Crippen LogP contribution in [0.5, 0.6) is 0 Å². The van der Waals surface area contributed by atoms with Crippen molar-refractivity contribution in [3.05, 3.63) is 56.8 Å². The van der Waals surface area contributed by atoms with Crippen LogP contribution in [0.3, 0.4) is 0 Å². The summed E-state index contributed by atoms with van der Waals surface area (Å²) < 4.78 is 33.8. The lowest BCUT2D eigenvalue weighted by Gasteiger charge is -2.55. The maximum Gasteiger partial charge on any atom is 0.251 e. The first-order valence-electron chi connectivity index (χ1n) is 11.4.